The molecule has 1 fully saturated rings. The number of likely N-dealkylation sites (tertiary alicyclic amines) is 1. The molecule has 1 aromatic rings. The van der Waals surface area contributed by atoms with Gasteiger partial charge in [0.25, 0.3) is 0 Å². The van der Waals surface area contributed by atoms with Crippen molar-refractivity contribution in [2.45, 2.75) is 45.9 Å². The van der Waals surface area contributed by atoms with Crippen LogP contribution in [0.3, 0.4) is 0 Å². The zero-order valence-corrected chi connectivity index (χ0v) is 13.5. The lowest BCUT2D eigenvalue weighted by Crippen LogP contribution is -2.29. The molecule has 2 heterocycles. The Balaban J connectivity index is 1.93. The van der Waals surface area contributed by atoms with Gasteiger partial charge in [0, 0.05) is 25.0 Å². The monoisotopic (exact) mass is 307 g/mol. The summed E-state index contributed by atoms with van der Waals surface area (Å²) in [6, 6.07) is 3.91. The van der Waals surface area contributed by atoms with E-state index in [4.69, 9.17) is 10.5 Å². The quantitative estimate of drug-likeness (QED) is 0.827. The van der Waals surface area contributed by atoms with Gasteiger partial charge in [-0.2, -0.15) is 0 Å². The van der Waals surface area contributed by atoms with Crippen molar-refractivity contribution >= 4 is 11.9 Å². The lowest BCUT2D eigenvalue weighted by atomic mass is 10.1. The third-order valence-electron chi connectivity index (χ3n) is 3.70. The minimum Gasteiger partial charge on any atom is -0.459 e. The van der Waals surface area contributed by atoms with Crippen molar-refractivity contribution in [2.75, 3.05) is 13.1 Å². The number of amides is 1. The van der Waals surface area contributed by atoms with Crippen LogP contribution < -0.4 is 5.73 Å². The minimum atomic E-state index is -0.478. The molecule has 122 valence electrons. The van der Waals surface area contributed by atoms with Crippen LogP contribution in [0, 0.1) is 5.92 Å². The molecule has 1 amide bonds. The van der Waals surface area contributed by atoms with Crippen molar-refractivity contribution in [3.8, 4) is 0 Å². The van der Waals surface area contributed by atoms with E-state index in [0.29, 0.717) is 13.1 Å². The average Bonchev–Trinajstić information content (AvgIpc) is 2.97. The molecule has 1 saturated heterocycles. The molecule has 0 aliphatic carbocycles. The van der Waals surface area contributed by atoms with E-state index in [1.165, 1.54) is 0 Å². The Kier molecular flexibility index (Phi) is 4.90. The summed E-state index contributed by atoms with van der Waals surface area (Å²) in [5, 5.41) is 0. The van der Waals surface area contributed by atoms with Gasteiger partial charge in [-0.1, -0.05) is 0 Å². The fourth-order valence-electron chi connectivity index (χ4n) is 2.70. The maximum atomic E-state index is 11.9. The Morgan fingerprint density at radius 3 is 2.73 bits per heavy atom. The highest BCUT2D eigenvalue weighted by Gasteiger charge is 2.27. The zero-order valence-electron chi connectivity index (χ0n) is 13.5. The van der Waals surface area contributed by atoms with E-state index >= 15 is 0 Å². The van der Waals surface area contributed by atoms with Crippen molar-refractivity contribution < 1.29 is 14.3 Å². The maximum Gasteiger partial charge on any atom is 0.326 e. The number of carbonyl (C=O) groups excluding carboxylic acids is 2. The number of rotatable bonds is 5. The number of nitrogens with zero attached hydrogens (tertiary/aromatic N) is 2. The van der Waals surface area contributed by atoms with E-state index in [9.17, 15) is 9.59 Å². The first-order chi connectivity index (χ1) is 10.2. The molecule has 6 heteroatoms. The van der Waals surface area contributed by atoms with E-state index in [-0.39, 0.29) is 24.3 Å². The molecular formula is C16H25N3O3. The summed E-state index contributed by atoms with van der Waals surface area (Å²) in [5.41, 5.74) is 5.92. The van der Waals surface area contributed by atoms with Crippen LogP contribution in [0.25, 0.3) is 0 Å². The van der Waals surface area contributed by atoms with Crippen LogP contribution in [0.4, 0.5) is 0 Å². The first-order valence-corrected chi connectivity index (χ1v) is 7.62. The van der Waals surface area contributed by atoms with Crippen molar-refractivity contribution in [1.82, 2.24) is 9.47 Å². The molecule has 1 aromatic heterocycles. The van der Waals surface area contributed by atoms with Gasteiger partial charge < -0.3 is 15.0 Å². The van der Waals surface area contributed by atoms with Gasteiger partial charge in [-0.05, 0) is 45.9 Å². The summed E-state index contributed by atoms with van der Waals surface area (Å²) in [5.74, 6) is -0.540. The van der Waals surface area contributed by atoms with Crippen molar-refractivity contribution in [3.63, 3.8) is 0 Å². The predicted molar refractivity (Wildman–Crippen MR) is 82.9 cm³/mol. The van der Waals surface area contributed by atoms with Crippen LogP contribution in [-0.4, -0.2) is 40.0 Å². The summed E-state index contributed by atoms with van der Waals surface area (Å²) >= 11 is 0. The van der Waals surface area contributed by atoms with Gasteiger partial charge in [0.1, 0.15) is 12.1 Å². The second kappa shape index (κ2) is 6.52. The molecule has 22 heavy (non-hydrogen) atoms. The van der Waals surface area contributed by atoms with Crippen LogP contribution >= 0.6 is 0 Å². The van der Waals surface area contributed by atoms with Gasteiger partial charge in [0.15, 0.2) is 0 Å². The highest BCUT2D eigenvalue weighted by molar-refractivity contribution is 5.77. The number of primary amides is 1. The number of ether oxygens (including phenoxy) is 1. The highest BCUT2D eigenvalue weighted by atomic mass is 16.6. The van der Waals surface area contributed by atoms with Gasteiger partial charge >= 0.3 is 5.97 Å². The van der Waals surface area contributed by atoms with Gasteiger partial charge in [-0.3, -0.25) is 14.5 Å². The van der Waals surface area contributed by atoms with Crippen molar-refractivity contribution in [1.29, 1.82) is 0 Å². The number of nitrogens with two attached hydrogens (primary N) is 1. The molecule has 0 aromatic carbocycles. The van der Waals surface area contributed by atoms with Crippen molar-refractivity contribution in [2.24, 2.45) is 11.7 Å². The van der Waals surface area contributed by atoms with E-state index < -0.39 is 5.60 Å². The maximum absolute atomic E-state index is 11.9. The van der Waals surface area contributed by atoms with Crippen LogP contribution in [0.2, 0.25) is 0 Å². The Morgan fingerprint density at radius 2 is 2.14 bits per heavy atom. The topological polar surface area (TPSA) is 77.6 Å². The first-order valence-electron chi connectivity index (χ1n) is 7.62. The predicted octanol–water partition coefficient (Wildman–Crippen LogP) is 1.14. The normalized spacial score (nSPS) is 19.3. The Morgan fingerprint density at radius 1 is 1.41 bits per heavy atom. The van der Waals surface area contributed by atoms with Gasteiger partial charge in [-0.15, -0.1) is 0 Å². The minimum absolute atomic E-state index is 0.0609. The van der Waals surface area contributed by atoms with Crippen LogP contribution in [0.5, 0.6) is 0 Å². The van der Waals surface area contributed by atoms with Crippen LogP contribution in [0.1, 0.15) is 32.9 Å². The number of aromatic nitrogens is 1. The average molecular weight is 307 g/mol. The molecule has 1 atom stereocenters. The third kappa shape index (κ3) is 4.59. The van der Waals surface area contributed by atoms with E-state index in [0.717, 1.165) is 18.7 Å². The lowest BCUT2D eigenvalue weighted by molar-refractivity contribution is -0.155. The third-order valence-corrected chi connectivity index (χ3v) is 3.70. The van der Waals surface area contributed by atoms with Gasteiger partial charge in [0.2, 0.25) is 5.91 Å². The Labute approximate surface area is 131 Å². The largest absolute Gasteiger partial charge is 0.459 e. The molecule has 0 spiro atoms. The Bertz CT molecular complexity index is 545. The van der Waals surface area contributed by atoms with E-state index in [2.05, 4.69) is 4.90 Å². The highest BCUT2D eigenvalue weighted by Crippen LogP contribution is 2.19. The fraction of sp³-hybridized carbons (Fsp3) is 0.625. The van der Waals surface area contributed by atoms with Crippen LogP contribution in [-0.2, 0) is 27.4 Å². The molecule has 0 saturated carbocycles. The molecule has 0 bridgehead atoms. The molecule has 0 radical (unpaired) electrons. The summed E-state index contributed by atoms with van der Waals surface area (Å²) in [6.07, 6.45) is 2.68. The Hall–Kier alpha value is -1.82. The first kappa shape index (κ1) is 16.5. The smallest absolute Gasteiger partial charge is 0.326 e. The lowest BCUT2D eigenvalue weighted by Gasteiger charge is -2.21. The summed E-state index contributed by atoms with van der Waals surface area (Å²) in [6.45, 7) is 8.02. The van der Waals surface area contributed by atoms with E-state index in [1.54, 1.807) is 0 Å². The summed E-state index contributed by atoms with van der Waals surface area (Å²) in [4.78, 5) is 25.4. The molecule has 1 unspecified atom stereocenters. The molecule has 2 rings (SSSR count). The second-order valence-electron chi connectivity index (χ2n) is 6.84. The SMILES string of the molecule is CC(C)(C)OC(=O)Cn1cccc1CN1CCC(C(N)=O)C1. The summed E-state index contributed by atoms with van der Waals surface area (Å²) < 4.78 is 7.24. The fourth-order valence-corrected chi connectivity index (χ4v) is 2.70. The number of hydrogen-bond acceptors (Lipinski definition) is 4. The zero-order chi connectivity index (χ0) is 16.3. The molecular weight excluding hydrogens is 282 g/mol. The van der Waals surface area contributed by atoms with Crippen LogP contribution in [0.15, 0.2) is 18.3 Å². The number of esters is 1. The number of carbonyl (C=O) groups is 2. The molecule has 1 aliphatic rings. The standard InChI is InChI=1S/C16H25N3O3/c1-16(2,3)22-14(20)11-19-7-4-5-13(19)10-18-8-6-12(9-18)15(17)21/h4-5,7,12H,6,8-11H2,1-3H3,(H2,17,21). The second-order valence-corrected chi connectivity index (χ2v) is 6.84. The molecule has 6 nitrogen and oxygen atoms in total. The molecule has 1 aliphatic heterocycles. The van der Waals surface area contributed by atoms with Gasteiger partial charge in [-0.25, -0.2) is 0 Å². The van der Waals surface area contributed by atoms with E-state index in [1.807, 2.05) is 43.7 Å². The van der Waals surface area contributed by atoms with Gasteiger partial charge in [0.05, 0.1) is 5.92 Å². The summed E-state index contributed by atoms with van der Waals surface area (Å²) in [7, 11) is 0. The van der Waals surface area contributed by atoms with Crippen molar-refractivity contribution in [3.05, 3.63) is 24.0 Å². The number of hydrogen-bond donors (Lipinski definition) is 1. The molecule has 2 N–H and O–H groups in total.